The zero-order valence-electron chi connectivity index (χ0n) is 46.8. The van der Waals surface area contributed by atoms with E-state index in [1.54, 1.807) is 12.1 Å². The zero-order valence-corrected chi connectivity index (χ0v) is 47.6. The van der Waals surface area contributed by atoms with Crippen LogP contribution in [0.1, 0.15) is 78.0 Å². The number of quaternary nitrogens is 2. The van der Waals surface area contributed by atoms with E-state index in [2.05, 4.69) is 97.3 Å². The normalized spacial score (nSPS) is 20.0. The fourth-order valence-electron chi connectivity index (χ4n) is 10.5. The average Bonchev–Trinajstić information content (AvgIpc) is 3.73. The Morgan fingerprint density at radius 3 is 1.88 bits per heavy atom. The number of nitrogens with two attached hydrogens (primary N) is 1. The third-order valence-electron chi connectivity index (χ3n) is 14.7. The highest BCUT2D eigenvalue weighted by atomic mass is 32.2. The number of allylic oxidation sites excluding steroid dienone is 8. The zero-order chi connectivity index (χ0) is 58.2. The molecule has 8 rings (SSSR count). The number of sulfonamides is 1. The van der Waals surface area contributed by atoms with Gasteiger partial charge in [-0.05, 0) is 88.6 Å². The Hall–Kier alpha value is -7.26. The number of carboxylic acid groups (broad SMARTS) is 3. The number of carbonyl (C=O) groups is 6. The first-order valence-electron chi connectivity index (χ1n) is 25.9. The highest BCUT2D eigenvalue weighted by Crippen LogP contribution is 2.48. The number of likely N-dealkylation sites (N-methyl/N-ethyl adjacent to an activating group) is 1. The molecule has 0 aromatic heterocycles. The quantitative estimate of drug-likeness (QED) is 0.0936. The highest BCUT2D eigenvalue weighted by Gasteiger charge is 2.49. The number of hydrogen-bond acceptors (Lipinski definition) is 12. The Labute approximate surface area is 459 Å². The minimum Gasteiger partial charge on any atom is -0.550 e. The van der Waals surface area contributed by atoms with Gasteiger partial charge in [0.05, 0.1) is 23.4 Å². The first-order chi connectivity index (χ1) is 36.5. The molecule has 0 spiro atoms. The summed E-state index contributed by atoms with van der Waals surface area (Å²) in [6.45, 7) is 19.3. The molecule has 19 nitrogen and oxygen atoms in total. The lowest BCUT2D eigenvalue weighted by atomic mass is 9.81. The van der Waals surface area contributed by atoms with Gasteiger partial charge in [-0.15, -0.1) is 0 Å². The minimum atomic E-state index is -3.84. The molecule has 0 atom stereocenters. The third kappa shape index (κ3) is 17.1. The van der Waals surface area contributed by atoms with Crippen LogP contribution in [0, 0.1) is 0 Å². The summed E-state index contributed by atoms with van der Waals surface area (Å²) in [5.74, 6) is -4.13. The number of nitrogens with zero attached hydrogens (tertiary/aromatic N) is 5. The Morgan fingerprint density at radius 2 is 1.31 bits per heavy atom. The van der Waals surface area contributed by atoms with Crippen molar-refractivity contribution in [3.63, 3.8) is 0 Å². The number of carbonyl (C=O) groups excluding carboxylic acids is 6. The molecule has 0 radical (unpaired) electrons. The molecule has 0 aliphatic carbocycles. The van der Waals surface area contributed by atoms with Crippen molar-refractivity contribution in [2.24, 2.45) is 5.73 Å². The van der Waals surface area contributed by atoms with Crippen LogP contribution in [0.4, 0.5) is 17.1 Å². The second kappa shape index (κ2) is 27.4. The molecule has 78 heavy (non-hydrogen) atoms. The fraction of sp³-hybridized carbons (Fsp3) is 0.431. The van der Waals surface area contributed by atoms with Crippen molar-refractivity contribution >= 4 is 68.4 Å². The molecule has 3 aromatic carbocycles. The second-order valence-electron chi connectivity index (χ2n) is 21.2. The van der Waals surface area contributed by atoms with E-state index in [0.29, 0.717) is 18.7 Å². The van der Waals surface area contributed by atoms with Crippen molar-refractivity contribution in [1.29, 1.82) is 0 Å². The number of hydrogen-bond donors (Lipinski definition) is 3. The molecule has 20 heteroatoms. The number of carboxylic acids is 3. The first kappa shape index (κ1) is 63.3. The second-order valence-corrected chi connectivity index (χ2v) is 23.2. The maximum Gasteiger partial charge on any atom is 0.272 e. The van der Waals surface area contributed by atoms with E-state index in [0.717, 1.165) is 98.9 Å². The lowest BCUT2D eigenvalue weighted by molar-refractivity contribution is -1.08. The predicted molar refractivity (Wildman–Crippen MR) is 295 cm³/mol. The Morgan fingerprint density at radius 1 is 0.756 bits per heavy atom. The molecule has 422 valence electrons. The highest BCUT2D eigenvalue weighted by molar-refractivity contribution is 7.89. The molecule has 0 saturated carbocycles. The molecule has 4 N–H and O–H groups in total. The van der Waals surface area contributed by atoms with Gasteiger partial charge in [0.15, 0.2) is 12.3 Å². The molecule has 5 heterocycles. The molecular weight excluding hydrogens is 1020 g/mol. The van der Waals surface area contributed by atoms with Crippen LogP contribution in [0.25, 0.3) is 0 Å². The monoisotopic (exact) mass is 1090 g/mol. The molecule has 3 fully saturated rings. The number of benzene rings is 3. The molecule has 0 unspecified atom stereocenters. The molecule has 3 aromatic rings. The Bertz CT molecular complexity index is 2890. The van der Waals surface area contributed by atoms with E-state index in [4.69, 9.17) is 35.4 Å². The summed E-state index contributed by atoms with van der Waals surface area (Å²) in [6.07, 6.45) is 15.7. The van der Waals surface area contributed by atoms with Crippen LogP contribution in [0.5, 0.6) is 0 Å². The summed E-state index contributed by atoms with van der Waals surface area (Å²) in [6, 6.07) is 21.6. The number of rotatable bonds is 18. The summed E-state index contributed by atoms with van der Waals surface area (Å²) in [4.78, 5) is 65.9. The largest absolute Gasteiger partial charge is 0.550 e. The van der Waals surface area contributed by atoms with Gasteiger partial charge in [-0.2, -0.15) is 4.58 Å². The van der Waals surface area contributed by atoms with Crippen LogP contribution in [0.3, 0.4) is 0 Å². The summed E-state index contributed by atoms with van der Waals surface area (Å²) >= 11 is 0. The van der Waals surface area contributed by atoms with Crippen molar-refractivity contribution in [3.8, 4) is 0 Å². The smallest absolute Gasteiger partial charge is 0.272 e. The summed E-state index contributed by atoms with van der Waals surface area (Å²) in [5.41, 5.74) is 13.6. The van der Waals surface area contributed by atoms with Gasteiger partial charge < -0.3 is 59.9 Å². The maximum atomic E-state index is 13.8. The van der Waals surface area contributed by atoms with Gasteiger partial charge in [0, 0.05) is 91.6 Å². The lowest BCUT2D eigenvalue weighted by Crippen LogP contribution is -2.76. The van der Waals surface area contributed by atoms with E-state index in [1.807, 2.05) is 61.7 Å². The fourth-order valence-corrected chi connectivity index (χ4v) is 11.7. The Balaban J connectivity index is 0.000000992. The number of amides is 3. The Kier molecular flexibility index (Phi) is 22.2. The summed E-state index contributed by atoms with van der Waals surface area (Å²) in [5, 5.41) is 32.2. The number of nitrogens with one attached hydrogen (secondary N) is 2. The number of fused-ring (bicyclic) bond motifs is 5. The first-order valence-corrected chi connectivity index (χ1v) is 27.3. The van der Waals surface area contributed by atoms with Crippen LogP contribution in [-0.4, -0.2) is 154 Å². The third-order valence-corrected chi connectivity index (χ3v) is 16.5. The SMILES string of the molecule is CC(=O)[O-].CC(=O)[O-].CC(=O)[O-].CN1\C(=C/C=C/C=C/C=C/C2=[N+](C)c3ccccc3C2(C)C)C(C)(C)c2cc(S(=O)(=O)N(C)CCCC(=O)NCC(=O)Nc3ccc(CC[N+]45CC[N+](CC(N)=O)(CC4)CC5)cc3)ccc21. The van der Waals surface area contributed by atoms with Crippen molar-refractivity contribution in [1.82, 2.24) is 9.62 Å². The van der Waals surface area contributed by atoms with Crippen LogP contribution >= 0.6 is 0 Å². The van der Waals surface area contributed by atoms with Crippen molar-refractivity contribution in [3.05, 3.63) is 132 Å². The molecular formula is C58H78N8O11S. The molecule has 3 saturated heterocycles. The molecule has 5 aliphatic heterocycles. The molecule has 5 aliphatic rings. The van der Waals surface area contributed by atoms with Gasteiger partial charge in [-0.1, -0.05) is 74.6 Å². The average molecular weight is 1100 g/mol. The van der Waals surface area contributed by atoms with Crippen molar-refractivity contribution in [2.45, 2.75) is 83.5 Å². The van der Waals surface area contributed by atoms with Gasteiger partial charge in [-0.3, -0.25) is 14.4 Å². The van der Waals surface area contributed by atoms with Crippen LogP contribution in [-0.2, 0) is 56.0 Å². The van der Waals surface area contributed by atoms with Gasteiger partial charge in [0.25, 0.3) is 5.91 Å². The number of primary amides is 1. The van der Waals surface area contributed by atoms with Gasteiger partial charge in [-0.25, -0.2) is 12.7 Å². The van der Waals surface area contributed by atoms with Crippen LogP contribution in [0.15, 0.2) is 120 Å². The molecule has 2 bridgehead atoms. The lowest BCUT2D eigenvalue weighted by Gasteiger charge is -2.55. The standard InChI is InChI=1S/C52H66N8O5S.3C2H4O2/c1-51(2)42-16-13-14-17-44(42)57(6)46(51)18-11-9-8-10-12-19-47-52(3,4)43-36-41(25-26-45(43)58(47)7)66(64,65)56(5)28-15-20-49(62)54-37-50(63)55-40-23-21-39(22-24-40)27-29-59-30-33-60(34-31-59,35-32-59)38-48(53)61;3*1-2(3)4/h8-14,16-19,21-26,36H,15,20,27-35,37-38H2,1-7H3,(H-3,53,54,55,61,62,63);3*1H3,(H,3,4). The molecule has 3 amide bonds. The minimum absolute atomic E-state index is 0.0753. The van der Waals surface area contributed by atoms with Crippen molar-refractivity contribution in [2.75, 3.05) is 96.8 Å². The number of para-hydroxylation sites is 1. The van der Waals surface area contributed by atoms with E-state index < -0.39 is 33.3 Å². The van der Waals surface area contributed by atoms with Crippen LogP contribution < -0.4 is 36.6 Å². The van der Waals surface area contributed by atoms with Gasteiger partial charge in [0.2, 0.25) is 27.5 Å². The van der Waals surface area contributed by atoms with E-state index >= 15 is 0 Å². The summed E-state index contributed by atoms with van der Waals surface area (Å²) in [7, 11) is 1.80. The number of aliphatic carboxylic acids is 3. The van der Waals surface area contributed by atoms with E-state index in [-0.39, 0.29) is 47.5 Å². The van der Waals surface area contributed by atoms with E-state index in [9.17, 15) is 22.8 Å². The number of anilines is 2. The van der Waals surface area contributed by atoms with Crippen LogP contribution in [0.2, 0.25) is 0 Å². The topological polar surface area (TPSA) is 265 Å². The van der Waals surface area contributed by atoms with E-state index in [1.165, 1.54) is 33.9 Å². The predicted octanol–water partition coefficient (Wildman–Crippen LogP) is 1.79. The number of piperazine rings is 3. The maximum absolute atomic E-state index is 13.8. The van der Waals surface area contributed by atoms with Gasteiger partial charge in [0.1, 0.15) is 46.3 Å². The summed E-state index contributed by atoms with van der Waals surface area (Å²) < 4.78 is 33.0. The van der Waals surface area contributed by atoms with Gasteiger partial charge >= 0.3 is 0 Å². The van der Waals surface area contributed by atoms with Crippen molar-refractivity contribution < 1.29 is 66.0 Å².